The number of hydrogen-bond donors (Lipinski definition) is 0. The summed E-state index contributed by atoms with van der Waals surface area (Å²) >= 11 is 0. The number of likely N-dealkylation sites (tertiary alicyclic amines) is 2. The van der Waals surface area contributed by atoms with E-state index in [0.717, 1.165) is 16.6 Å². The van der Waals surface area contributed by atoms with Crippen molar-refractivity contribution in [1.82, 2.24) is 24.6 Å². The fraction of sp³-hybridized carbons (Fsp3) is 0.364. The zero-order valence-electron chi connectivity index (χ0n) is 16.5. The van der Waals surface area contributed by atoms with Gasteiger partial charge in [-0.15, -0.1) is 0 Å². The lowest BCUT2D eigenvalue weighted by atomic mass is 9.89. The molecular formula is C22H23N5O2. The van der Waals surface area contributed by atoms with Gasteiger partial charge in [-0.3, -0.25) is 19.3 Å². The summed E-state index contributed by atoms with van der Waals surface area (Å²) in [6.45, 7) is 3.65. The van der Waals surface area contributed by atoms with Gasteiger partial charge in [0.1, 0.15) is 5.52 Å². The Balaban J connectivity index is 1.42. The average molecular weight is 389 g/mol. The minimum atomic E-state index is -0.00353. The highest BCUT2D eigenvalue weighted by atomic mass is 16.2. The molecular weight excluding hydrogens is 366 g/mol. The number of rotatable bonds is 2. The fourth-order valence-corrected chi connectivity index (χ4v) is 4.94. The number of fused-ring (bicyclic) bond motifs is 2. The summed E-state index contributed by atoms with van der Waals surface area (Å²) < 4.78 is 1.73. The molecule has 0 aliphatic carbocycles. The van der Waals surface area contributed by atoms with Crippen molar-refractivity contribution < 1.29 is 9.59 Å². The molecule has 2 aliphatic heterocycles. The van der Waals surface area contributed by atoms with Crippen molar-refractivity contribution in [3.05, 3.63) is 59.9 Å². The van der Waals surface area contributed by atoms with Crippen LogP contribution in [0.25, 0.3) is 11.0 Å². The summed E-state index contributed by atoms with van der Waals surface area (Å²) in [7, 11) is 1.85. The molecule has 0 spiro atoms. The van der Waals surface area contributed by atoms with Crippen LogP contribution in [0.5, 0.6) is 0 Å². The van der Waals surface area contributed by atoms with Gasteiger partial charge in [-0.1, -0.05) is 30.3 Å². The third-order valence-corrected chi connectivity index (χ3v) is 6.34. The van der Waals surface area contributed by atoms with E-state index in [1.807, 2.05) is 41.1 Å². The number of hydrogen-bond acceptors (Lipinski definition) is 4. The first-order valence-electron chi connectivity index (χ1n) is 9.92. The van der Waals surface area contributed by atoms with Crippen LogP contribution in [0.2, 0.25) is 0 Å². The van der Waals surface area contributed by atoms with Crippen LogP contribution in [-0.4, -0.2) is 56.0 Å². The molecule has 2 aliphatic rings. The van der Waals surface area contributed by atoms with E-state index >= 15 is 0 Å². The Labute approximate surface area is 168 Å². The number of carbonyl (C=O) groups is 2. The lowest BCUT2D eigenvalue weighted by molar-refractivity contribution is -0.130. The third-order valence-electron chi connectivity index (χ3n) is 6.34. The number of carbonyl (C=O) groups excluding carboxylic acids is 2. The second-order valence-corrected chi connectivity index (χ2v) is 8.06. The molecule has 5 rings (SSSR count). The van der Waals surface area contributed by atoms with E-state index in [1.165, 1.54) is 0 Å². The van der Waals surface area contributed by atoms with Crippen LogP contribution < -0.4 is 0 Å². The minimum absolute atomic E-state index is 0.00353. The molecule has 3 aromatic rings. The number of aryl methyl sites for hydroxylation is 1. The highest BCUT2D eigenvalue weighted by Gasteiger charge is 2.49. The molecule has 2 saturated heterocycles. The Morgan fingerprint density at radius 1 is 1.07 bits per heavy atom. The topological polar surface area (TPSA) is 71.3 Å². The number of aromatic nitrogens is 3. The fourth-order valence-electron chi connectivity index (χ4n) is 4.94. The summed E-state index contributed by atoms with van der Waals surface area (Å²) in [5.74, 6) is 0.633. The number of nitrogens with zero attached hydrogens (tertiary/aromatic N) is 5. The molecule has 2 fully saturated rings. The second kappa shape index (κ2) is 6.69. The molecule has 148 valence electrons. The van der Waals surface area contributed by atoms with Crippen LogP contribution in [0.3, 0.4) is 0 Å². The van der Waals surface area contributed by atoms with Gasteiger partial charge in [0.05, 0.1) is 23.3 Å². The van der Waals surface area contributed by atoms with Crippen molar-refractivity contribution in [2.75, 3.05) is 19.6 Å². The largest absolute Gasteiger partial charge is 0.338 e. The SMILES string of the molecule is CC(=O)N1C[C@H]2CN(C(=O)c3cnc4cnn(C)c4c3)C[C@H]2[C@@H]1c1ccccc1. The first-order chi connectivity index (χ1) is 14.0. The summed E-state index contributed by atoms with van der Waals surface area (Å²) in [5.41, 5.74) is 3.35. The maximum absolute atomic E-state index is 13.2. The molecule has 3 atom stereocenters. The molecule has 0 saturated carbocycles. The van der Waals surface area contributed by atoms with Crippen LogP contribution >= 0.6 is 0 Å². The predicted octanol–water partition coefficient (Wildman–Crippen LogP) is 2.26. The maximum atomic E-state index is 13.2. The Bertz CT molecular complexity index is 1090. The number of amides is 2. The molecule has 7 nitrogen and oxygen atoms in total. The van der Waals surface area contributed by atoms with E-state index in [0.29, 0.717) is 31.1 Å². The van der Waals surface area contributed by atoms with Gasteiger partial charge in [0.15, 0.2) is 0 Å². The zero-order chi connectivity index (χ0) is 20.1. The Morgan fingerprint density at radius 2 is 1.86 bits per heavy atom. The minimum Gasteiger partial charge on any atom is -0.338 e. The molecule has 1 aromatic carbocycles. The maximum Gasteiger partial charge on any atom is 0.255 e. The van der Waals surface area contributed by atoms with Crippen molar-refractivity contribution in [2.24, 2.45) is 18.9 Å². The molecule has 0 bridgehead atoms. The standard InChI is InChI=1S/C22H23N5O2/c1-14(28)27-12-17-11-26(13-18(17)21(27)15-6-4-3-5-7-15)22(29)16-8-20-19(23-9-16)10-24-25(20)2/h3-10,17-18,21H,11-13H2,1-2H3/t17-,18-,21+/m1/s1. The van der Waals surface area contributed by atoms with Crippen LogP contribution in [0, 0.1) is 11.8 Å². The van der Waals surface area contributed by atoms with E-state index in [1.54, 1.807) is 24.0 Å². The van der Waals surface area contributed by atoms with Gasteiger partial charge in [0.25, 0.3) is 5.91 Å². The van der Waals surface area contributed by atoms with Crippen molar-refractivity contribution in [3.8, 4) is 0 Å². The summed E-state index contributed by atoms with van der Waals surface area (Å²) in [5, 5.41) is 4.20. The van der Waals surface area contributed by atoms with Crippen molar-refractivity contribution in [2.45, 2.75) is 13.0 Å². The normalized spacial score (nSPS) is 23.6. The van der Waals surface area contributed by atoms with Crippen LogP contribution in [-0.2, 0) is 11.8 Å². The molecule has 0 radical (unpaired) electrons. The van der Waals surface area contributed by atoms with Gasteiger partial charge in [0.2, 0.25) is 5.91 Å². The predicted molar refractivity (Wildman–Crippen MR) is 108 cm³/mol. The number of pyridine rings is 1. The summed E-state index contributed by atoms with van der Waals surface area (Å²) in [6.07, 6.45) is 3.33. The van der Waals surface area contributed by atoms with E-state index in [2.05, 4.69) is 22.2 Å². The monoisotopic (exact) mass is 389 g/mol. The molecule has 0 unspecified atom stereocenters. The summed E-state index contributed by atoms with van der Waals surface area (Å²) in [6, 6.07) is 12.0. The zero-order valence-corrected chi connectivity index (χ0v) is 16.5. The summed E-state index contributed by atoms with van der Waals surface area (Å²) in [4.78, 5) is 33.7. The van der Waals surface area contributed by atoms with Gasteiger partial charge in [-0.25, -0.2) is 0 Å². The number of benzene rings is 1. The molecule has 0 N–H and O–H groups in total. The lowest BCUT2D eigenvalue weighted by Crippen LogP contribution is -2.36. The first kappa shape index (κ1) is 17.8. The quantitative estimate of drug-likeness (QED) is 0.674. The van der Waals surface area contributed by atoms with Gasteiger partial charge in [0, 0.05) is 51.6 Å². The van der Waals surface area contributed by atoms with Gasteiger partial charge >= 0.3 is 0 Å². The Hall–Kier alpha value is -3.22. The Morgan fingerprint density at radius 3 is 2.62 bits per heavy atom. The highest BCUT2D eigenvalue weighted by molar-refractivity contribution is 5.96. The molecule has 2 amide bonds. The van der Waals surface area contributed by atoms with Crippen molar-refractivity contribution in [1.29, 1.82) is 0 Å². The molecule has 2 aromatic heterocycles. The molecule has 4 heterocycles. The van der Waals surface area contributed by atoms with Gasteiger partial charge in [-0.05, 0) is 11.6 Å². The van der Waals surface area contributed by atoms with E-state index in [9.17, 15) is 9.59 Å². The van der Waals surface area contributed by atoms with E-state index in [4.69, 9.17) is 0 Å². The van der Waals surface area contributed by atoms with Crippen LogP contribution in [0.15, 0.2) is 48.8 Å². The van der Waals surface area contributed by atoms with Gasteiger partial charge in [-0.2, -0.15) is 5.10 Å². The van der Waals surface area contributed by atoms with E-state index < -0.39 is 0 Å². The molecule has 7 heteroatoms. The van der Waals surface area contributed by atoms with E-state index in [-0.39, 0.29) is 23.8 Å². The first-order valence-corrected chi connectivity index (χ1v) is 9.92. The second-order valence-electron chi connectivity index (χ2n) is 8.06. The smallest absolute Gasteiger partial charge is 0.255 e. The average Bonchev–Trinajstić information content (AvgIpc) is 3.40. The van der Waals surface area contributed by atoms with Crippen LogP contribution in [0.4, 0.5) is 0 Å². The lowest BCUT2D eigenvalue weighted by Gasteiger charge is -2.29. The Kier molecular flexibility index (Phi) is 4.12. The van der Waals surface area contributed by atoms with Crippen molar-refractivity contribution in [3.63, 3.8) is 0 Å². The highest BCUT2D eigenvalue weighted by Crippen LogP contribution is 2.45. The van der Waals surface area contributed by atoms with Gasteiger partial charge < -0.3 is 9.80 Å². The molecule has 29 heavy (non-hydrogen) atoms. The third kappa shape index (κ3) is 2.88. The van der Waals surface area contributed by atoms with Crippen molar-refractivity contribution >= 4 is 22.8 Å². The van der Waals surface area contributed by atoms with Crippen LogP contribution in [0.1, 0.15) is 28.9 Å².